The number of nitrogens with zero attached hydrogens (tertiary/aromatic N) is 2. The quantitative estimate of drug-likeness (QED) is 0.794. The van der Waals surface area contributed by atoms with Gasteiger partial charge in [-0.1, -0.05) is 13.3 Å². The zero-order valence-corrected chi connectivity index (χ0v) is 9.75. The molecular formula is C11H20N4. The van der Waals surface area contributed by atoms with Gasteiger partial charge in [-0.05, 0) is 25.7 Å². The second-order valence-electron chi connectivity index (χ2n) is 4.51. The number of aryl methyl sites for hydroxylation is 2. The summed E-state index contributed by atoms with van der Waals surface area (Å²) in [6, 6.07) is 0.613. The van der Waals surface area contributed by atoms with Crippen LogP contribution in [0.5, 0.6) is 0 Å². The minimum absolute atomic E-state index is 0.613. The van der Waals surface area contributed by atoms with E-state index in [4.69, 9.17) is 5.73 Å². The van der Waals surface area contributed by atoms with Crippen molar-refractivity contribution >= 4 is 11.5 Å². The van der Waals surface area contributed by atoms with Gasteiger partial charge in [-0.3, -0.25) is 4.68 Å². The van der Waals surface area contributed by atoms with Gasteiger partial charge in [-0.25, -0.2) is 0 Å². The number of anilines is 2. The summed E-state index contributed by atoms with van der Waals surface area (Å²) < 4.78 is 1.84. The second kappa shape index (κ2) is 3.76. The van der Waals surface area contributed by atoms with E-state index in [0.717, 1.165) is 23.1 Å². The van der Waals surface area contributed by atoms with Crippen LogP contribution in [0.3, 0.4) is 0 Å². The first-order valence-corrected chi connectivity index (χ1v) is 5.69. The number of nitrogen functional groups attached to an aromatic ring is 1. The Hall–Kier alpha value is -1.19. The van der Waals surface area contributed by atoms with E-state index in [0.29, 0.717) is 6.04 Å². The summed E-state index contributed by atoms with van der Waals surface area (Å²) in [5, 5.41) is 7.78. The number of hydrogen-bond donors (Lipinski definition) is 2. The average molecular weight is 208 g/mol. The highest BCUT2D eigenvalue weighted by molar-refractivity contribution is 5.65. The minimum atomic E-state index is 0.613. The minimum Gasteiger partial charge on any atom is -0.394 e. The van der Waals surface area contributed by atoms with Crippen LogP contribution in [-0.4, -0.2) is 15.8 Å². The van der Waals surface area contributed by atoms with E-state index in [1.54, 1.807) is 0 Å². The SMILES string of the molecule is CCCC1CC1Nc1c(N)c(C)nn1C. The third-order valence-electron chi connectivity index (χ3n) is 3.17. The Kier molecular flexibility index (Phi) is 2.59. The molecule has 1 aromatic heterocycles. The molecule has 2 atom stereocenters. The van der Waals surface area contributed by atoms with E-state index in [1.807, 2.05) is 18.7 Å². The van der Waals surface area contributed by atoms with Crippen molar-refractivity contribution in [1.29, 1.82) is 0 Å². The summed E-state index contributed by atoms with van der Waals surface area (Å²) in [5.74, 6) is 1.82. The molecule has 4 heteroatoms. The predicted octanol–water partition coefficient (Wildman–Crippen LogP) is 1.91. The van der Waals surface area contributed by atoms with Crippen LogP contribution in [0.15, 0.2) is 0 Å². The Morgan fingerprint density at radius 1 is 1.60 bits per heavy atom. The molecule has 0 bridgehead atoms. The average Bonchev–Trinajstić information content (AvgIpc) is 2.86. The van der Waals surface area contributed by atoms with E-state index < -0.39 is 0 Å². The first kappa shape index (κ1) is 10.3. The van der Waals surface area contributed by atoms with Gasteiger partial charge in [-0.2, -0.15) is 5.10 Å². The van der Waals surface area contributed by atoms with Gasteiger partial charge in [0.05, 0.1) is 11.4 Å². The lowest BCUT2D eigenvalue weighted by molar-refractivity contribution is 0.687. The van der Waals surface area contributed by atoms with E-state index in [9.17, 15) is 0 Å². The highest BCUT2D eigenvalue weighted by Gasteiger charge is 2.36. The molecule has 2 rings (SSSR count). The molecule has 0 aromatic carbocycles. The largest absolute Gasteiger partial charge is 0.394 e. The van der Waals surface area contributed by atoms with Gasteiger partial charge >= 0.3 is 0 Å². The summed E-state index contributed by atoms with van der Waals surface area (Å²) in [4.78, 5) is 0. The fourth-order valence-electron chi connectivity index (χ4n) is 2.14. The second-order valence-corrected chi connectivity index (χ2v) is 4.51. The van der Waals surface area contributed by atoms with Crippen molar-refractivity contribution in [2.75, 3.05) is 11.1 Å². The third kappa shape index (κ3) is 1.94. The Morgan fingerprint density at radius 3 is 2.87 bits per heavy atom. The molecule has 1 aromatic rings. The molecule has 0 saturated heterocycles. The third-order valence-corrected chi connectivity index (χ3v) is 3.17. The van der Waals surface area contributed by atoms with Gasteiger partial charge < -0.3 is 11.1 Å². The van der Waals surface area contributed by atoms with Crippen LogP contribution in [-0.2, 0) is 7.05 Å². The van der Waals surface area contributed by atoms with Crippen molar-refractivity contribution < 1.29 is 0 Å². The number of nitrogens with one attached hydrogen (secondary N) is 1. The van der Waals surface area contributed by atoms with Gasteiger partial charge in [0, 0.05) is 13.1 Å². The van der Waals surface area contributed by atoms with Crippen LogP contribution in [0.2, 0.25) is 0 Å². The fraction of sp³-hybridized carbons (Fsp3) is 0.727. The highest BCUT2D eigenvalue weighted by atomic mass is 15.3. The Labute approximate surface area is 90.8 Å². The zero-order valence-electron chi connectivity index (χ0n) is 9.75. The summed E-state index contributed by atoms with van der Waals surface area (Å²) in [6.45, 7) is 4.18. The molecule has 1 heterocycles. The molecule has 1 saturated carbocycles. The van der Waals surface area contributed by atoms with Crippen LogP contribution in [0.25, 0.3) is 0 Å². The molecule has 0 radical (unpaired) electrons. The van der Waals surface area contributed by atoms with Gasteiger partial charge in [-0.15, -0.1) is 0 Å². The van der Waals surface area contributed by atoms with Gasteiger partial charge in [0.25, 0.3) is 0 Å². The number of aromatic nitrogens is 2. The van der Waals surface area contributed by atoms with E-state index in [1.165, 1.54) is 19.3 Å². The predicted molar refractivity (Wildman–Crippen MR) is 62.8 cm³/mol. The Morgan fingerprint density at radius 2 is 2.33 bits per heavy atom. The maximum Gasteiger partial charge on any atom is 0.147 e. The van der Waals surface area contributed by atoms with Crippen molar-refractivity contribution in [3.05, 3.63) is 5.69 Å². The first-order valence-electron chi connectivity index (χ1n) is 5.69. The lowest BCUT2D eigenvalue weighted by Crippen LogP contribution is -2.10. The van der Waals surface area contributed by atoms with Crippen LogP contribution < -0.4 is 11.1 Å². The highest BCUT2D eigenvalue weighted by Crippen LogP contribution is 2.38. The molecule has 2 unspecified atom stereocenters. The van der Waals surface area contributed by atoms with Crippen molar-refractivity contribution in [3.8, 4) is 0 Å². The summed E-state index contributed by atoms with van der Waals surface area (Å²) >= 11 is 0. The zero-order chi connectivity index (χ0) is 11.0. The maximum atomic E-state index is 5.95. The molecule has 0 spiro atoms. The Balaban J connectivity index is 2.00. The lowest BCUT2D eigenvalue weighted by Gasteiger charge is -2.06. The van der Waals surface area contributed by atoms with Crippen molar-refractivity contribution in [2.45, 2.75) is 39.2 Å². The first-order chi connectivity index (χ1) is 7.13. The normalized spacial score (nSPS) is 24.2. The van der Waals surface area contributed by atoms with Crippen molar-refractivity contribution in [3.63, 3.8) is 0 Å². The molecule has 1 aliphatic rings. The molecule has 0 amide bonds. The molecule has 3 N–H and O–H groups in total. The van der Waals surface area contributed by atoms with Gasteiger partial charge in [0.1, 0.15) is 5.82 Å². The van der Waals surface area contributed by atoms with Crippen LogP contribution in [0.4, 0.5) is 11.5 Å². The monoisotopic (exact) mass is 208 g/mol. The molecule has 4 nitrogen and oxygen atoms in total. The maximum absolute atomic E-state index is 5.95. The van der Waals surface area contributed by atoms with E-state index in [2.05, 4.69) is 17.3 Å². The molecule has 15 heavy (non-hydrogen) atoms. The van der Waals surface area contributed by atoms with Gasteiger partial charge in [0.15, 0.2) is 0 Å². The smallest absolute Gasteiger partial charge is 0.147 e. The van der Waals surface area contributed by atoms with E-state index in [-0.39, 0.29) is 0 Å². The number of rotatable bonds is 4. The van der Waals surface area contributed by atoms with Crippen LogP contribution >= 0.6 is 0 Å². The lowest BCUT2D eigenvalue weighted by atomic mass is 10.2. The topological polar surface area (TPSA) is 55.9 Å². The number of nitrogens with two attached hydrogens (primary N) is 1. The number of hydrogen-bond acceptors (Lipinski definition) is 3. The summed E-state index contributed by atoms with van der Waals surface area (Å²) in [7, 11) is 1.93. The molecule has 1 aliphatic carbocycles. The summed E-state index contributed by atoms with van der Waals surface area (Å²) in [5.41, 5.74) is 7.65. The standard InChI is InChI=1S/C11H20N4/c1-4-5-8-6-9(8)13-11-10(12)7(2)14-15(11)3/h8-9,13H,4-6,12H2,1-3H3. The molecular weight excluding hydrogens is 188 g/mol. The fourth-order valence-corrected chi connectivity index (χ4v) is 2.14. The van der Waals surface area contributed by atoms with Crippen molar-refractivity contribution in [1.82, 2.24) is 9.78 Å². The molecule has 1 fully saturated rings. The van der Waals surface area contributed by atoms with Gasteiger partial charge in [0.2, 0.25) is 0 Å². The van der Waals surface area contributed by atoms with Crippen LogP contribution in [0.1, 0.15) is 31.9 Å². The summed E-state index contributed by atoms with van der Waals surface area (Å²) in [6.07, 6.45) is 3.86. The molecule has 84 valence electrons. The van der Waals surface area contributed by atoms with Crippen LogP contribution in [0, 0.1) is 12.8 Å². The van der Waals surface area contributed by atoms with Crippen molar-refractivity contribution in [2.24, 2.45) is 13.0 Å². The molecule has 0 aliphatic heterocycles. The van der Waals surface area contributed by atoms with E-state index >= 15 is 0 Å². The Bertz CT molecular complexity index is 356.